The van der Waals surface area contributed by atoms with Crippen LogP contribution in [0.1, 0.15) is 34.1 Å². The van der Waals surface area contributed by atoms with E-state index >= 15 is 0 Å². The van der Waals surface area contributed by atoms with Gasteiger partial charge in [-0.2, -0.15) is 0 Å². The number of aromatic nitrogens is 3. The molecule has 4 aromatic rings. The third-order valence-electron chi connectivity index (χ3n) is 6.29. The summed E-state index contributed by atoms with van der Waals surface area (Å²) in [6.45, 7) is 6.01. The monoisotopic (exact) mass is 554 g/mol. The number of pyridine rings is 1. The van der Waals surface area contributed by atoms with Crippen LogP contribution in [0, 0.1) is 20.8 Å². The van der Waals surface area contributed by atoms with Gasteiger partial charge in [0.15, 0.2) is 5.16 Å². The summed E-state index contributed by atoms with van der Waals surface area (Å²) in [6.07, 6.45) is 3.40. The number of thioether (sulfide) groups is 1. The summed E-state index contributed by atoms with van der Waals surface area (Å²) in [7, 11) is 3.92. The average Bonchev–Trinajstić information content (AvgIpc) is 2.93. The minimum absolute atomic E-state index is 0.0797. The molecule has 40 heavy (non-hydrogen) atoms. The minimum atomic E-state index is -0.873. The normalized spacial score (nSPS) is 11.5. The molecule has 0 aliphatic rings. The highest BCUT2D eigenvalue weighted by molar-refractivity contribution is 7.99. The summed E-state index contributed by atoms with van der Waals surface area (Å²) >= 11 is 1.27. The van der Waals surface area contributed by atoms with Gasteiger partial charge < -0.3 is 15.1 Å². The molecule has 8 nitrogen and oxygen atoms in total. The Kier molecular flexibility index (Phi) is 9.50. The third-order valence-corrected chi connectivity index (χ3v) is 7.12. The van der Waals surface area contributed by atoms with E-state index in [2.05, 4.69) is 20.3 Å². The van der Waals surface area contributed by atoms with E-state index in [0.29, 0.717) is 10.8 Å². The molecule has 1 atom stereocenters. The molecular weight excluding hydrogens is 520 g/mol. The van der Waals surface area contributed by atoms with E-state index in [-0.39, 0.29) is 24.1 Å². The fourth-order valence-electron chi connectivity index (χ4n) is 4.25. The minimum Gasteiger partial charge on any atom is -0.378 e. The van der Waals surface area contributed by atoms with Crippen LogP contribution in [0.4, 0.5) is 11.4 Å². The predicted molar refractivity (Wildman–Crippen MR) is 160 cm³/mol. The molecule has 0 spiro atoms. The average molecular weight is 555 g/mol. The zero-order valence-electron chi connectivity index (χ0n) is 23.5. The van der Waals surface area contributed by atoms with Crippen molar-refractivity contribution in [1.82, 2.24) is 19.9 Å². The van der Waals surface area contributed by atoms with Gasteiger partial charge in [-0.1, -0.05) is 47.7 Å². The zero-order chi connectivity index (χ0) is 28.6. The molecule has 9 heteroatoms. The summed E-state index contributed by atoms with van der Waals surface area (Å²) in [4.78, 5) is 44.6. The molecule has 206 valence electrons. The van der Waals surface area contributed by atoms with Crippen molar-refractivity contribution in [3.05, 3.63) is 107 Å². The van der Waals surface area contributed by atoms with E-state index in [9.17, 15) is 9.59 Å². The molecular formula is C31H34N6O2S. The Morgan fingerprint density at radius 3 is 2.20 bits per heavy atom. The quantitative estimate of drug-likeness (QED) is 0.208. The van der Waals surface area contributed by atoms with Crippen molar-refractivity contribution < 1.29 is 9.59 Å². The lowest BCUT2D eigenvalue weighted by Crippen LogP contribution is -2.41. The summed E-state index contributed by atoms with van der Waals surface area (Å²) in [5, 5.41) is 3.56. The highest BCUT2D eigenvalue weighted by atomic mass is 32.2. The SMILES string of the molecule is Cc1ccc(C(C(=O)Nc2ccc(N(C)C)cc2)N(Cc2cccnc2)C(=O)CSc2nc(C)cc(C)n2)cc1. The molecule has 0 saturated carbocycles. The van der Waals surface area contributed by atoms with E-state index < -0.39 is 6.04 Å². The molecule has 0 aliphatic carbocycles. The van der Waals surface area contributed by atoms with Gasteiger partial charge in [0.05, 0.1) is 5.75 Å². The number of rotatable bonds is 10. The standard InChI is InChI=1S/C31H34N6O2S/c1-21-8-10-25(11-9-21)29(30(39)35-26-12-14-27(15-13-26)36(4)5)37(19-24-7-6-16-32-18-24)28(38)20-40-31-33-22(2)17-23(3)34-31/h6-18,29H,19-20H2,1-5H3,(H,35,39). The van der Waals surface area contributed by atoms with E-state index in [1.54, 1.807) is 17.3 Å². The first-order valence-electron chi connectivity index (χ1n) is 13.0. The number of carbonyl (C=O) groups is 2. The van der Waals surface area contributed by atoms with Crippen LogP contribution in [0.25, 0.3) is 0 Å². The highest BCUT2D eigenvalue weighted by Crippen LogP contribution is 2.28. The van der Waals surface area contributed by atoms with Gasteiger partial charge in [0.1, 0.15) is 6.04 Å². The van der Waals surface area contributed by atoms with Gasteiger partial charge in [-0.05, 0) is 68.3 Å². The summed E-state index contributed by atoms with van der Waals surface area (Å²) < 4.78 is 0. The summed E-state index contributed by atoms with van der Waals surface area (Å²) in [5.41, 5.74) is 5.96. The number of hydrogen-bond acceptors (Lipinski definition) is 7. The molecule has 0 bridgehead atoms. The van der Waals surface area contributed by atoms with E-state index in [4.69, 9.17) is 0 Å². The first-order chi connectivity index (χ1) is 19.2. The van der Waals surface area contributed by atoms with Gasteiger partial charge in [-0.25, -0.2) is 9.97 Å². The number of aryl methyl sites for hydroxylation is 3. The molecule has 1 unspecified atom stereocenters. The maximum atomic E-state index is 14.0. The van der Waals surface area contributed by atoms with Crippen LogP contribution in [0.2, 0.25) is 0 Å². The molecule has 0 aliphatic heterocycles. The molecule has 2 amide bonds. The van der Waals surface area contributed by atoms with Crippen LogP contribution in [0.5, 0.6) is 0 Å². The second-order valence-electron chi connectivity index (χ2n) is 9.85. The van der Waals surface area contributed by atoms with Gasteiger partial charge in [-0.15, -0.1) is 0 Å². The van der Waals surface area contributed by atoms with Crippen LogP contribution in [0.3, 0.4) is 0 Å². The van der Waals surface area contributed by atoms with Crippen LogP contribution >= 0.6 is 11.8 Å². The fraction of sp³-hybridized carbons (Fsp3) is 0.258. The lowest BCUT2D eigenvalue weighted by molar-refractivity contribution is -0.137. The van der Waals surface area contributed by atoms with Gasteiger partial charge in [-0.3, -0.25) is 14.6 Å². The number of carbonyl (C=O) groups excluding carboxylic acids is 2. The van der Waals surface area contributed by atoms with E-state index in [1.165, 1.54) is 11.8 Å². The molecule has 2 aromatic heterocycles. The zero-order valence-corrected chi connectivity index (χ0v) is 24.3. The van der Waals surface area contributed by atoms with Gasteiger partial charge in [0, 0.05) is 55.8 Å². The Morgan fingerprint density at radius 2 is 1.60 bits per heavy atom. The van der Waals surface area contributed by atoms with Crippen LogP contribution in [-0.2, 0) is 16.1 Å². The molecule has 0 fully saturated rings. The van der Waals surface area contributed by atoms with Gasteiger partial charge in [0.2, 0.25) is 5.91 Å². The first kappa shape index (κ1) is 28.8. The lowest BCUT2D eigenvalue weighted by Gasteiger charge is -2.31. The van der Waals surface area contributed by atoms with Crippen LogP contribution in [-0.4, -0.2) is 51.5 Å². The molecule has 2 aromatic carbocycles. The number of hydrogen-bond donors (Lipinski definition) is 1. The summed E-state index contributed by atoms with van der Waals surface area (Å²) in [6, 6.07) is 20.0. The Labute approximate surface area is 239 Å². The Balaban J connectivity index is 1.67. The number of amides is 2. The van der Waals surface area contributed by atoms with Crippen molar-refractivity contribution in [2.75, 3.05) is 30.1 Å². The predicted octanol–water partition coefficient (Wildman–Crippen LogP) is 5.36. The third kappa shape index (κ3) is 7.66. The van der Waals surface area contributed by atoms with Crippen molar-refractivity contribution >= 4 is 35.0 Å². The van der Waals surface area contributed by atoms with E-state index in [0.717, 1.165) is 33.8 Å². The topological polar surface area (TPSA) is 91.3 Å². The first-order valence-corrected chi connectivity index (χ1v) is 14.0. The fourth-order valence-corrected chi connectivity index (χ4v) is 5.09. The maximum Gasteiger partial charge on any atom is 0.251 e. The van der Waals surface area contributed by atoms with Gasteiger partial charge >= 0.3 is 0 Å². The Bertz CT molecular complexity index is 1420. The van der Waals surface area contributed by atoms with Gasteiger partial charge in [0.25, 0.3) is 5.91 Å². The van der Waals surface area contributed by atoms with Crippen molar-refractivity contribution in [3.63, 3.8) is 0 Å². The van der Waals surface area contributed by atoms with Crippen LogP contribution < -0.4 is 10.2 Å². The molecule has 0 radical (unpaired) electrons. The van der Waals surface area contributed by atoms with Crippen LogP contribution in [0.15, 0.2) is 84.3 Å². The second-order valence-corrected chi connectivity index (χ2v) is 10.8. The molecule has 4 rings (SSSR count). The second kappa shape index (κ2) is 13.2. The lowest BCUT2D eigenvalue weighted by atomic mass is 10.0. The highest BCUT2D eigenvalue weighted by Gasteiger charge is 2.32. The smallest absolute Gasteiger partial charge is 0.251 e. The number of nitrogens with one attached hydrogen (secondary N) is 1. The number of anilines is 2. The number of nitrogens with zero attached hydrogens (tertiary/aromatic N) is 5. The Morgan fingerprint density at radius 1 is 0.925 bits per heavy atom. The molecule has 1 N–H and O–H groups in total. The number of benzene rings is 2. The van der Waals surface area contributed by atoms with Crippen molar-refractivity contribution in [2.45, 2.75) is 38.5 Å². The van der Waals surface area contributed by atoms with Crippen molar-refractivity contribution in [2.24, 2.45) is 0 Å². The Hall–Kier alpha value is -4.24. The van der Waals surface area contributed by atoms with Crippen molar-refractivity contribution in [1.29, 1.82) is 0 Å². The maximum absolute atomic E-state index is 14.0. The molecule has 0 saturated heterocycles. The summed E-state index contributed by atoms with van der Waals surface area (Å²) in [5.74, 6) is -0.428. The largest absolute Gasteiger partial charge is 0.378 e. The van der Waals surface area contributed by atoms with E-state index in [1.807, 2.05) is 106 Å². The molecule has 2 heterocycles. The van der Waals surface area contributed by atoms with Crippen molar-refractivity contribution in [3.8, 4) is 0 Å².